The second kappa shape index (κ2) is 15.5. The molecule has 4 aromatic rings. The number of sulfonamides is 1. The van der Waals surface area contributed by atoms with Crippen molar-refractivity contribution in [2.45, 2.75) is 50.2 Å². The predicted molar refractivity (Wildman–Crippen MR) is 178 cm³/mol. The molecule has 0 aliphatic carbocycles. The lowest BCUT2D eigenvalue weighted by Gasteiger charge is -2.34. The van der Waals surface area contributed by atoms with Crippen molar-refractivity contribution >= 4 is 44.8 Å². The molecule has 10 nitrogen and oxygen atoms in total. The first kappa shape index (κ1) is 34.1. The Morgan fingerprint density at radius 2 is 1.48 bits per heavy atom. The van der Waals surface area contributed by atoms with Crippen LogP contribution < -0.4 is 9.62 Å². The van der Waals surface area contributed by atoms with E-state index in [2.05, 4.69) is 5.32 Å². The van der Waals surface area contributed by atoms with Gasteiger partial charge in [-0.1, -0.05) is 85.3 Å². The van der Waals surface area contributed by atoms with Crippen LogP contribution >= 0.6 is 11.6 Å². The Labute approximate surface area is 273 Å². The molecule has 0 bridgehead atoms. The normalized spacial score (nSPS) is 12.5. The van der Waals surface area contributed by atoms with Gasteiger partial charge in [0.05, 0.1) is 15.5 Å². The van der Waals surface area contributed by atoms with E-state index in [-0.39, 0.29) is 35.3 Å². The van der Waals surface area contributed by atoms with Gasteiger partial charge in [0.1, 0.15) is 12.6 Å². The Bertz CT molecular complexity index is 1760. The molecule has 0 aliphatic rings. The summed E-state index contributed by atoms with van der Waals surface area (Å²) in [5.74, 6) is -1.07. The molecule has 240 valence electrons. The summed E-state index contributed by atoms with van der Waals surface area (Å²) in [6.07, 6.45) is 0.813. The minimum absolute atomic E-state index is 0.0455. The Kier molecular flexibility index (Phi) is 11.5. The van der Waals surface area contributed by atoms with Gasteiger partial charge in [-0.3, -0.25) is 24.0 Å². The van der Waals surface area contributed by atoms with E-state index in [9.17, 15) is 28.1 Å². The Balaban J connectivity index is 1.82. The summed E-state index contributed by atoms with van der Waals surface area (Å²) in [4.78, 5) is 40.4. The fraction of sp³-hybridized carbons (Fsp3) is 0.235. The first-order valence-electron chi connectivity index (χ1n) is 14.7. The van der Waals surface area contributed by atoms with Crippen molar-refractivity contribution in [3.05, 3.63) is 135 Å². The molecule has 4 aromatic carbocycles. The molecule has 0 radical (unpaired) electrons. The second-order valence-corrected chi connectivity index (χ2v) is 13.0. The van der Waals surface area contributed by atoms with Gasteiger partial charge in [0.15, 0.2) is 0 Å². The van der Waals surface area contributed by atoms with Crippen molar-refractivity contribution in [1.29, 1.82) is 0 Å². The summed E-state index contributed by atoms with van der Waals surface area (Å²) in [5.41, 5.74) is 1.17. The van der Waals surface area contributed by atoms with Crippen LogP contribution in [0.15, 0.2) is 114 Å². The topological polar surface area (TPSA) is 130 Å². The van der Waals surface area contributed by atoms with Crippen molar-refractivity contribution in [3.8, 4) is 0 Å². The monoisotopic (exact) mass is 662 g/mol. The van der Waals surface area contributed by atoms with Gasteiger partial charge in [-0.15, -0.1) is 0 Å². The average Bonchev–Trinajstić information content (AvgIpc) is 3.06. The van der Waals surface area contributed by atoms with Gasteiger partial charge < -0.3 is 10.2 Å². The molecule has 0 aromatic heterocycles. The maximum atomic E-state index is 14.5. The minimum atomic E-state index is -4.34. The number of non-ortho nitro benzene ring substituents is 1. The molecule has 0 saturated carbocycles. The Morgan fingerprint density at radius 3 is 2.07 bits per heavy atom. The quantitative estimate of drug-likeness (QED) is 0.130. The number of nitro benzene ring substituents is 1. The third-order valence-corrected chi connectivity index (χ3v) is 9.69. The van der Waals surface area contributed by atoms with E-state index in [0.717, 1.165) is 9.87 Å². The number of carbonyl (C=O) groups is 2. The van der Waals surface area contributed by atoms with Crippen molar-refractivity contribution < 1.29 is 22.9 Å². The van der Waals surface area contributed by atoms with Crippen molar-refractivity contribution in [1.82, 2.24) is 10.2 Å². The summed E-state index contributed by atoms with van der Waals surface area (Å²) < 4.78 is 28.9. The van der Waals surface area contributed by atoms with Crippen LogP contribution in [0.25, 0.3) is 0 Å². The summed E-state index contributed by atoms with van der Waals surface area (Å²) in [7, 11) is -4.34. The highest BCUT2D eigenvalue weighted by molar-refractivity contribution is 7.92. The smallest absolute Gasteiger partial charge is 0.269 e. The molecule has 0 aliphatic heterocycles. The van der Waals surface area contributed by atoms with Crippen molar-refractivity contribution in [3.63, 3.8) is 0 Å². The third kappa shape index (κ3) is 8.49. The molecule has 2 amide bonds. The predicted octanol–water partition coefficient (Wildman–Crippen LogP) is 6.00. The largest absolute Gasteiger partial charge is 0.352 e. The minimum Gasteiger partial charge on any atom is -0.352 e. The number of amides is 2. The SMILES string of the molecule is CC[C@@H](C)NC(=O)[C@H](Cc1ccccc1)N(Cc1ccccc1Cl)C(=O)CN(c1ccc([N+](=O)[O-])cc1)S(=O)(=O)c1ccccc1. The molecule has 46 heavy (non-hydrogen) atoms. The first-order chi connectivity index (χ1) is 22.0. The van der Waals surface area contributed by atoms with E-state index in [0.29, 0.717) is 17.0 Å². The number of halogens is 1. The van der Waals surface area contributed by atoms with E-state index in [1.54, 1.807) is 42.5 Å². The molecule has 1 N–H and O–H groups in total. The van der Waals surface area contributed by atoms with Crippen LogP contribution in [-0.2, 0) is 32.6 Å². The zero-order chi connectivity index (χ0) is 33.3. The van der Waals surface area contributed by atoms with Crippen LogP contribution in [0.5, 0.6) is 0 Å². The number of anilines is 1. The Morgan fingerprint density at radius 1 is 0.891 bits per heavy atom. The van der Waals surface area contributed by atoms with Crippen LogP contribution in [0.3, 0.4) is 0 Å². The van der Waals surface area contributed by atoms with E-state index >= 15 is 0 Å². The average molecular weight is 663 g/mol. The van der Waals surface area contributed by atoms with E-state index in [1.165, 1.54) is 41.3 Å². The Hall–Kier alpha value is -4.74. The molecule has 2 atom stereocenters. The summed E-state index contributed by atoms with van der Waals surface area (Å²) in [6.45, 7) is 3.02. The lowest BCUT2D eigenvalue weighted by atomic mass is 10.0. The zero-order valence-electron chi connectivity index (χ0n) is 25.5. The molecular formula is C34H35ClN4O6S. The highest BCUT2D eigenvalue weighted by atomic mass is 35.5. The van der Waals surface area contributed by atoms with Gasteiger partial charge in [0.25, 0.3) is 15.7 Å². The maximum absolute atomic E-state index is 14.5. The van der Waals surface area contributed by atoms with Crippen molar-refractivity contribution in [2.24, 2.45) is 0 Å². The fourth-order valence-corrected chi connectivity index (χ4v) is 6.42. The summed E-state index contributed by atoms with van der Waals surface area (Å²) >= 11 is 6.52. The van der Waals surface area contributed by atoms with Gasteiger partial charge >= 0.3 is 0 Å². The maximum Gasteiger partial charge on any atom is 0.269 e. The third-order valence-electron chi connectivity index (χ3n) is 7.53. The molecule has 4 rings (SSSR count). The van der Waals surface area contributed by atoms with Gasteiger partial charge in [-0.05, 0) is 54.8 Å². The molecule has 0 fully saturated rings. The van der Waals surface area contributed by atoms with Crippen LogP contribution in [0.1, 0.15) is 31.4 Å². The number of hydrogen-bond acceptors (Lipinski definition) is 6. The molecule has 0 heterocycles. The highest BCUT2D eigenvalue weighted by Gasteiger charge is 2.35. The molecule has 0 unspecified atom stereocenters. The number of nitrogens with zero attached hydrogens (tertiary/aromatic N) is 3. The standard InChI is InChI=1S/C34H35ClN4O6S/c1-3-25(2)36-34(41)32(22-26-12-6-4-7-13-26)37(23-27-14-10-11-17-31(27)35)33(40)24-38(28-18-20-29(21-19-28)39(42)43)46(44,45)30-15-8-5-9-16-30/h4-21,25,32H,3,22-24H2,1-2H3,(H,36,41)/t25-,32+/m1/s1. The highest BCUT2D eigenvalue weighted by Crippen LogP contribution is 2.27. The van der Waals surface area contributed by atoms with Gasteiger partial charge in [0, 0.05) is 36.2 Å². The number of nitro groups is 1. The molecule has 12 heteroatoms. The van der Waals surface area contributed by atoms with E-state index in [4.69, 9.17) is 11.6 Å². The van der Waals surface area contributed by atoms with Crippen LogP contribution in [0.2, 0.25) is 5.02 Å². The van der Waals surface area contributed by atoms with Crippen LogP contribution in [-0.4, -0.2) is 48.7 Å². The summed E-state index contributed by atoms with van der Waals surface area (Å²) in [6, 6.07) is 27.4. The van der Waals surface area contributed by atoms with Crippen molar-refractivity contribution in [2.75, 3.05) is 10.8 Å². The number of carbonyl (C=O) groups excluding carboxylic acids is 2. The fourth-order valence-electron chi connectivity index (χ4n) is 4.79. The number of rotatable bonds is 14. The summed E-state index contributed by atoms with van der Waals surface area (Å²) in [5, 5.41) is 14.7. The van der Waals surface area contributed by atoms with Gasteiger partial charge in [-0.2, -0.15) is 0 Å². The number of nitrogens with one attached hydrogen (secondary N) is 1. The van der Waals surface area contributed by atoms with Crippen LogP contribution in [0, 0.1) is 10.1 Å². The molecular weight excluding hydrogens is 628 g/mol. The number of hydrogen-bond donors (Lipinski definition) is 1. The van der Waals surface area contributed by atoms with Gasteiger partial charge in [-0.25, -0.2) is 8.42 Å². The first-order valence-corrected chi connectivity index (χ1v) is 16.5. The zero-order valence-corrected chi connectivity index (χ0v) is 27.0. The van der Waals surface area contributed by atoms with Gasteiger partial charge in [0.2, 0.25) is 11.8 Å². The van der Waals surface area contributed by atoms with Crippen LogP contribution in [0.4, 0.5) is 11.4 Å². The second-order valence-electron chi connectivity index (χ2n) is 10.7. The van der Waals surface area contributed by atoms with E-state index < -0.39 is 39.3 Å². The molecule has 0 spiro atoms. The molecule has 0 saturated heterocycles. The van der Waals surface area contributed by atoms with E-state index in [1.807, 2.05) is 44.2 Å². The lowest BCUT2D eigenvalue weighted by molar-refractivity contribution is -0.384. The number of benzene rings is 4. The lowest BCUT2D eigenvalue weighted by Crippen LogP contribution is -2.54.